The minimum absolute atomic E-state index is 0.153. The number of Topliss-reactive ketones (excluding diaryl/α,β-unsaturated/α-hetero) is 1. The lowest BCUT2D eigenvalue weighted by atomic mass is 10.2. The molecule has 0 heterocycles. The van der Waals surface area contributed by atoms with Gasteiger partial charge in [-0.15, -0.1) is 0 Å². The van der Waals surface area contributed by atoms with Crippen molar-refractivity contribution in [1.82, 2.24) is 5.32 Å². The fraction of sp³-hybridized carbons (Fsp3) is 0.750. The van der Waals surface area contributed by atoms with Gasteiger partial charge in [-0.2, -0.15) is 0 Å². The molecule has 0 rings (SSSR count). The Kier molecular flexibility index (Phi) is 6.09. The zero-order valence-electron chi connectivity index (χ0n) is 7.87. The molecule has 0 aromatic rings. The van der Waals surface area contributed by atoms with Crippen LogP contribution in [0.15, 0.2) is 0 Å². The average Bonchev–Trinajstić information content (AvgIpc) is 2.02. The third-order valence-electron chi connectivity index (χ3n) is 1.36. The number of hydrogen-bond donors (Lipinski definition) is 2. The molecule has 5 nitrogen and oxygen atoms in total. The zero-order valence-corrected chi connectivity index (χ0v) is 7.87. The molecule has 13 heavy (non-hydrogen) atoms. The third kappa shape index (κ3) is 6.24. The standard InChI is InChI=1S/C8H15NO4/c1-6(11)3-8(12)9-7(4-10)5-13-2/h7,10H,3-5H2,1-2H3,(H,9,12). The molecule has 0 saturated heterocycles. The number of aliphatic hydroxyl groups is 1. The summed E-state index contributed by atoms with van der Waals surface area (Å²) in [7, 11) is 1.47. The lowest BCUT2D eigenvalue weighted by Gasteiger charge is -2.14. The summed E-state index contributed by atoms with van der Waals surface area (Å²) in [6.07, 6.45) is -0.153. The summed E-state index contributed by atoms with van der Waals surface area (Å²) in [4.78, 5) is 21.5. The van der Waals surface area contributed by atoms with Gasteiger partial charge in [0.25, 0.3) is 0 Å². The summed E-state index contributed by atoms with van der Waals surface area (Å²) in [6.45, 7) is 1.38. The summed E-state index contributed by atoms with van der Waals surface area (Å²) >= 11 is 0. The lowest BCUT2D eigenvalue weighted by molar-refractivity contribution is -0.128. The molecule has 0 aliphatic rings. The minimum Gasteiger partial charge on any atom is -0.394 e. The van der Waals surface area contributed by atoms with E-state index in [1.807, 2.05) is 0 Å². The van der Waals surface area contributed by atoms with E-state index in [9.17, 15) is 9.59 Å². The Morgan fingerprint density at radius 1 is 1.54 bits per heavy atom. The molecule has 1 atom stereocenters. The lowest BCUT2D eigenvalue weighted by Crippen LogP contribution is -2.41. The Hall–Kier alpha value is -0.940. The van der Waals surface area contributed by atoms with Crippen LogP contribution < -0.4 is 5.32 Å². The molecular formula is C8H15NO4. The topological polar surface area (TPSA) is 75.6 Å². The Morgan fingerprint density at radius 3 is 2.54 bits per heavy atom. The van der Waals surface area contributed by atoms with Gasteiger partial charge in [-0.05, 0) is 6.92 Å². The average molecular weight is 189 g/mol. The number of amides is 1. The highest BCUT2D eigenvalue weighted by atomic mass is 16.5. The van der Waals surface area contributed by atoms with E-state index in [1.165, 1.54) is 14.0 Å². The maximum absolute atomic E-state index is 11.0. The highest BCUT2D eigenvalue weighted by Crippen LogP contribution is 1.87. The van der Waals surface area contributed by atoms with Gasteiger partial charge in [-0.1, -0.05) is 0 Å². The van der Waals surface area contributed by atoms with E-state index in [-0.39, 0.29) is 31.3 Å². The van der Waals surface area contributed by atoms with Gasteiger partial charge in [0.1, 0.15) is 5.78 Å². The molecule has 76 valence electrons. The molecule has 0 fully saturated rings. The molecule has 5 heteroatoms. The quantitative estimate of drug-likeness (QED) is 0.530. The van der Waals surface area contributed by atoms with Gasteiger partial charge in [0.15, 0.2) is 0 Å². The van der Waals surface area contributed by atoms with Crippen LogP contribution in [-0.2, 0) is 14.3 Å². The summed E-state index contributed by atoms with van der Waals surface area (Å²) in [5.74, 6) is -0.588. The van der Waals surface area contributed by atoms with Crippen LogP contribution in [0.2, 0.25) is 0 Å². The van der Waals surface area contributed by atoms with Crippen molar-refractivity contribution in [2.45, 2.75) is 19.4 Å². The Morgan fingerprint density at radius 2 is 2.15 bits per heavy atom. The van der Waals surface area contributed by atoms with Gasteiger partial charge in [-0.25, -0.2) is 0 Å². The van der Waals surface area contributed by atoms with Crippen LogP contribution in [0.4, 0.5) is 0 Å². The predicted molar refractivity (Wildman–Crippen MR) is 46.2 cm³/mol. The first kappa shape index (κ1) is 12.1. The summed E-state index contributed by atoms with van der Waals surface area (Å²) < 4.78 is 4.74. The van der Waals surface area contributed by atoms with E-state index >= 15 is 0 Å². The Labute approximate surface area is 77.1 Å². The molecule has 0 aliphatic carbocycles. The van der Waals surface area contributed by atoms with E-state index in [0.29, 0.717) is 0 Å². The van der Waals surface area contributed by atoms with Crippen molar-refractivity contribution in [3.05, 3.63) is 0 Å². The van der Waals surface area contributed by atoms with Crippen molar-refractivity contribution in [2.75, 3.05) is 20.3 Å². The Balaban J connectivity index is 3.79. The number of nitrogens with one attached hydrogen (secondary N) is 1. The molecule has 0 saturated carbocycles. The normalized spacial score (nSPS) is 12.2. The summed E-state index contributed by atoms with van der Waals surface area (Å²) in [5, 5.41) is 11.2. The second-order valence-corrected chi connectivity index (χ2v) is 2.78. The second-order valence-electron chi connectivity index (χ2n) is 2.78. The molecule has 0 aromatic carbocycles. The molecule has 1 amide bonds. The Bertz CT molecular complexity index is 181. The van der Waals surface area contributed by atoms with Crippen molar-refractivity contribution in [2.24, 2.45) is 0 Å². The van der Waals surface area contributed by atoms with Crippen LogP contribution >= 0.6 is 0 Å². The fourth-order valence-electron chi connectivity index (χ4n) is 0.846. The summed E-state index contributed by atoms with van der Waals surface area (Å²) in [5.41, 5.74) is 0. The van der Waals surface area contributed by atoms with E-state index in [2.05, 4.69) is 5.32 Å². The van der Waals surface area contributed by atoms with Crippen LogP contribution in [0.1, 0.15) is 13.3 Å². The predicted octanol–water partition coefficient (Wildman–Crippen LogP) is -0.911. The first-order valence-electron chi connectivity index (χ1n) is 3.98. The van der Waals surface area contributed by atoms with Gasteiger partial charge in [0, 0.05) is 7.11 Å². The number of rotatable bonds is 6. The largest absolute Gasteiger partial charge is 0.394 e. The maximum atomic E-state index is 11.0. The molecular weight excluding hydrogens is 174 g/mol. The number of ether oxygens (including phenoxy) is 1. The van der Waals surface area contributed by atoms with Crippen LogP contribution in [0.3, 0.4) is 0 Å². The molecule has 1 unspecified atom stereocenters. The van der Waals surface area contributed by atoms with E-state index in [4.69, 9.17) is 9.84 Å². The van der Waals surface area contributed by atoms with E-state index in [1.54, 1.807) is 0 Å². The van der Waals surface area contributed by atoms with Crippen LogP contribution in [0.5, 0.6) is 0 Å². The van der Waals surface area contributed by atoms with Gasteiger partial charge in [0.05, 0.1) is 25.7 Å². The number of hydrogen-bond acceptors (Lipinski definition) is 4. The first-order valence-corrected chi connectivity index (χ1v) is 3.98. The third-order valence-corrected chi connectivity index (χ3v) is 1.36. The molecule has 0 radical (unpaired) electrons. The molecule has 0 aromatic heterocycles. The maximum Gasteiger partial charge on any atom is 0.227 e. The molecule has 0 bridgehead atoms. The van der Waals surface area contributed by atoms with Gasteiger partial charge < -0.3 is 15.2 Å². The number of methoxy groups -OCH3 is 1. The number of aliphatic hydroxyl groups excluding tert-OH is 1. The summed E-state index contributed by atoms with van der Waals surface area (Å²) in [6, 6.07) is -0.433. The molecule has 0 spiro atoms. The highest BCUT2D eigenvalue weighted by molar-refractivity contribution is 5.96. The monoisotopic (exact) mass is 189 g/mol. The van der Waals surface area contributed by atoms with Crippen LogP contribution in [0, 0.1) is 0 Å². The molecule has 0 aliphatic heterocycles. The van der Waals surface area contributed by atoms with E-state index in [0.717, 1.165) is 0 Å². The molecule has 2 N–H and O–H groups in total. The minimum atomic E-state index is -0.433. The second kappa shape index (κ2) is 6.56. The SMILES string of the molecule is COCC(CO)NC(=O)CC(C)=O. The van der Waals surface area contributed by atoms with Crippen LogP contribution in [-0.4, -0.2) is 43.2 Å². The fourth-order valence-corrected chi connectivity index (χ4v) is 0.846. The van der Waals surface area contributed by atoms with Crippen molar-refractivity contribution < 1.29 is 19.4 Å². The number of ketones is 1. The van der Waals surface area contributed by atoms with Gasteiger partial charge >= 0.3 is 0 Å². The van der Waals surface area contributed by atoms with Gasteiger partial charge in [-0.3, -0.25) is 9.59 Å². The van der Waals surface area contributed by atoms with Crippen molar-refractivity contribution in [3.8, 4) is 0 Å². The van der Waals surface area contributed by atoms with Gasteiger partial charge in [0.2, 0.25) is 5.91 Å². The van der Waals surface area contributed by atoms with Crippen molar-refractivity contribution >= 4 is 11.7 Å². The highest BCUT2D eigenvalue weighted by Gasteiger charge is 2.11. The smallest absolute Gasteiger partial charge is 0.227 e. The van der Waals surface area contributed by atoms with E-state index < -0.39 is 6.04 Å². The zero-order chi connectivity index (χ0) is 10.3. The first-order chi connectivity index (χ1) is 6.10. The van der Waals surface area contributed by atoms with Crippen LogP contribution in [0.25, 0.3) is 0 Å². The van der Waals surface area contributed by atoms with Crippen molar-refractivity contribution in [3.63, 3.8) is 0 Å². The number of carbonyl (C=O) groups is 2. The van der Waals surface area contributed by atoms with Crippen molar-refractivity contribution in [1.29, 1.82) is 0 Å². The number of carbonyl (C=O) groups excluding carboxylic acids is 2.